The topological polar surface area (TPSA) is 199 Å². The molecule has 2 rings (SSSR count). The van der Waals surface area contributed by atoms with E-state index in [1.54, 1.807) is 33.5 Å². The van der Waals surface area contributed by atoms with Gasteiger partial charge in [0.25, 0.3) is 0 Å². The number of nitrogens with one attached hydrogen (secondary N) is 1. The maximum Gasteiger partial charge on any atom is 0.243 e. The first-order valence-corrected chi connectivity index (χ1v) is 11.0. The van der Waals surface area contributed by atoms with Crippen molar-refractivity contribution in [3.63, 3.8) is 0 Å². The van der Waals surface area contributed by atoms with Crippen molar-refractivity contribution < 1.29 is 48.1 Å². The summed E-state index contributed by atoms with van der Waals surface area (Å²) in [6, 6.07) is 7.95. The van der Waals surface area contributed by atoms with Gasteiger partial charge in [0.15, 0.2) is 11.5 Å². The standard InChI is InChI=1S/C21H26N2O6.H3O4P/c1-26-17-8-7-13(9-16(17)23-21(25)15(22)12-24)5-6-14-10-18(27-2)20(29-4)19(11-14)28-3;1-5(2,3)4/h5-11,15,24H,12,22H2,1-4H3,(H,23,25);(H3,1,2,3,4)/p-3/b6-5-;/t15-;/m0./s1. The number of benzene rings is 2. The summed E-state index contributed by atoms with van der Waals surface area (Å²) in [4.78, 5) is 37.6. The van der Waals surface area contributed by atoms with Gasteiger partial charge in [-0.1, -0.05) is 18.2 Å². The molecule has 0 heterocycles. The molecule has 4 N–H and O–H groups in total. The van der Waals surface area contributed by atoms with Gasteiger partial charge in [-0.05, 0) is 35.4 Å². The first-order chi connectivity index (χ1) is 16.0. The summed E-state index contributed by atoms with van der Waals surface area (Å²) in [7, 11) is 0.773. The van der Waals surface area contributed by atoms with E-state index < -0.39 is 26.4 Å². The Morgan fingerprint density at radius 3 is 1.91 bits per heavy atom. The Kier molecular flexibility index (Phi) is 11.5. The molecule has 1 atom stereocenters. The third-order valence-electron chi connectivity index (χ3n) is 4.17. The SMILES string of the molecule is COc1ccc(/C=C\c2cc(OC)c(OC)c(OC)c2)cc1NC(=O)[C@@H](N)CO.O=P([O-])([O-])[O-]. The fourth-order valence-corrected chi connectivity index (χ4v) is 2.63. The summed E-state index contributed by atoms with van der Waals surface area (Å²) < 4.78 is 29.9. The van der Waals surface area contributed by atoms with Gasteiger partial charge >= 0.3 is 0 Å². The van der Waals surface area contributed by atoms with Crippen LogP contribution in [0.15, 0.2) is 30.3 Å². The third-order valence-corrected chi connectivity index (χ3v) is 4.17. The molecule has 0 saturated carbocycles. The Bertz CT molecular complexity index is 1000. The average Bonchev–Trinajstić information content (AvgIpc) is 2.80. The zero-order valence-corrected chi connectivity index (χ0v) is 19.9. The predicted molar refractivity (Wildman–Crippen MR) is 119 cm³/mol. The molecule has 34 heavy (non-hydrogen) atoms. The van der Waals surface area contributed by atoms with Crippen molar-refractivity contribution in [2.45, 2.75) is 6.04 Å². The number of aliphatic hydroxyl groups excluding tert-OH is 1. The Balaban J connectivity index is 0.00000104. The second-order valence-electron chi connectivity index (χ2n) is 6.48. The van der Waals surface area contributed by atoms with Crippen molar-refractivity contribution in [3.8, 4) is 23.0 Å². The molecule has 0 bridgehead atoms. The number of phosphoric acid groups is 1. The van der Waals surface area contributed by atoms with Gasteiger partial charge in [-0.2, -0.15) is 7.82 Å². The zero-order valence-electron chi connectivity index (χ0n) is 19.0. The molecule has 188 valence electrons. The second-order valence-corrected chi connectivity index (χ2v) is 7.37. The van der Waals surface area contributed by atoms with E-state index in [1.165, 1.54) is 7.11 Å². The molecular formula is C21H26N2O10P-3. The molecular weight excluding hydrogens is 471 g/mol. The highest BCUT2D eigenvalue weighted by molar-refractivity contribution is 7.40. The van der Waals surface area contributed by atoms with Gasteiger partial charge < -0.3 is 54.3 Å². The van der Waals surface area contributed by atoms with Crippen LogP contribution in [0.1, 0.15) is 11.1 Å². The van der Waals surface area contributed by atoms with Crippen LogP contribution in [-0.4, -0.2) is 52.1 Å². The molecule has 2 aromatic rings. The number of hydrogen-bond donors (Lipinski definition) is 3. The van der Waals surface area contributed by atoms with Crippen molar-refractivity contribution >= 4 is 31.6 Å². The summed E-state index contributed by atoms with van der Waals surface area (Å²) in [5.41, 5.74) is 7.66. The van der Waals surface area contributed by atoms with Crippen molar-refractivity contribution in [1.82, 2.24) is 0 Å². The number of ether oxygens (including phenoxy) is 4. The normalized spacial score (nSPS) is 11.8. The first kappa shape index (κ1) is 28.9. The van der Waals surface area contributed by atoms with Crippen LogP contribution in [0.4, 0.5) is 5.69 Å². The summed E-state index contributed by atoms with van der Waals surface area (Å²) in [5.74, 6) is 1.59. The molecule has 0 spiro atoms. The van der Waals surface area contributed by atoms with E-state index in [4.69, 9.17) is 49.0 Å². The van der Waals surface area contributed by atoms with E-state index in [-0.39, 0.29) is 0 Å². The Labute approximate surface area is 196 Å². The van der Waals surface area contributed by atoms with Crippen molar-refractivity contribution in [1.29, 1.82) is 0 Å². The van der Waals surface area contributed by atoms with E-state index in [2.05, 4.69) is 5.32 Å². The quantitative estimate of drug-likeness (QED) is 0.293. The lowest BCUT2D eigenvalue weighted by Gasteiger charge is -2.36. The molecule has 0 aromatic heterocycles. The zero-order chi connectivity index (χ0) is 25.9. The summed E-state index contributed by atoms with van der Waals surface area (Å²) in [5, 5.41) is 11.7. The van der Waals surface area contributed by atoms with Crippen LogP contribution >= 0.6 is 7.82 Å². The van der Waals surface area contributed by atoms with Crippen LogP contribution in [0.3, 0.4) is 0 Å². The van der Waals surface area contributed by atoms with E-state index >= 15 is 0 Å². The molecule has 0 aliphatic heterocycles. The number of nitrogens with two attached hydrogens (primary N) is 1. The smallest absolute Gasteiger partial charge is 0.243 e. The van der Waals surface area contributed by atoms with Gasteiger partial charge in [-0.15, -0.1) is 0 Å². The van der Waals surface area contributed by atoms with Crippen LogP contribution < -0.4 is 44.7 Å². The van der Waals surface area contributed by atoms with Gasteiger partial charge in [0, 0.05) is 0 Å². The van der Waals surface area contributed by atoms with E-state index in [0.29, 0.717) is 28.7 Å². The van der Waals surface area contributed by atoms with Crippen LogP contribution in [0, 0.1) is 0 Å². The van der Waals surface area contributed by atoms with Crippen LogP contribution in [-0.2, 0) is 9.36 Å². The number of amides is 1. The molecule has 0 unspecified atom stereocenters. The number of hydrogen-bond acceptors (Lipinski definition) is 11. The molecule has 2 aromatic carbocycles. The molecule has 12 nitrogen and oxygen atoms in total. The number of anilines is 1. The van der Waals surface area contributed by atoms with E-state index in [9.17, 15) is 4.79 Å². The minimum absolute atomic E-state index is 0.450. The minimum atomic E-state index is -5.39. The van der Waals surface area contributed by atoms with Crippen molar-refractivity contribution in [2.24, 2.45) is 5.73 Å². The number of methoxy groups -OCH3 is 4. The van der Waals surface area contributed by atoms with Crippen molar-refractivity contribution in [3.05, 3.63) is 41.5 Å². The summed E-state index contributed by atoms with van der Waals surface area (Å²) >= 11 is 0. The third kappa shape index (κ3) is 9.40. The molecule has 1 amide bonds. The molecule has 0 saturated heterocycles. The summed E-state index contributed by atoms with van der Waals surface area (Å²) in [6.07, 6.45) is 3.74. The van der Waals surface area contributed by atoms with Crippen LogP contribution in [0.25, 0.3) is 12.2 Å². The highest BCUT2D eigenvalue weighted by Crippen LogP contribution is 2.38. The Hall–Kier alpha value is -3.12. The average molecular weight is 497 g/mol. The number of carbonyl (C=O) groups is 1. The Morgan fingerprint density at radius 2 is 1.47 bits per heavy atom. The fourth-order valence-electron chi connectivity index (χ4n) is 2.63. The maximum atomic E-state index is 12.0. The van der Waals surface area contributed by atoms with Gasteiger partial charge in [0.1, 0.15) is 11.8 Å². The highest BCUT2D eigenvalue weighted by atomic mass is 31.2. The van der Waals surface area contributed by atoms with Crippen LogP contribution in [0.2, 0.25) is 0 Å². The number of carbonyl (C=O) groups excluding carboxylic acids is 1. The van der Waals surface area contributed by atoms with E-state index in [1.807, 2.05) is 30.4 Å². The van der Waals surface area contributed by atoms with Gasteiger partial charge in [-0.25, -0.2) is 0 Å². The monoisotopic (exact) mass is 497 g/mol. The van der Waals surface area contributed by atoms with E-state index in [0.717, 1.165) is 11.1 Å². The van der Waals surface area contributed by atoms with Crippen molar-refractivity contribution in [2.75, 3.05) is 40.4 Å². The lowest BCUT2D eigenvalue weighted by molar-refractivity contribution is -0.432. The molecule has 13 heteroatoms. The first-order valence-electron chi connectivity index (χ1n) is 9.53. The van der Waals surface area contributed by atoms with Gasteiger partial charge in [0.05, 0.1) is 40.7 Å². The molecule has 0 aliphatic carbocycles. The predicted octanol–water partition coefficient (Wildman–Crippen LogP) is -0.675. The lowest BCUT2D eigenvalue weighted by Crippen LogP contribution is -2.38. The molecule has 0 aliphatic rings. The molecule has 0 fully saturated rings. The van der Waals surface area contributed by atoms with Crippen LogP contribution in [0.5, 0.6) is 23.0 Å². The van der Waals surface area contributed by atoms with Gasteiger partial charge in [0.2, 0.25) is 11.7 Å². The highest BCUT2D eigenvalue weighted by Gasteiger charge is 2.15. The van der Waals surface area contributed by atoms with Gasteiger partial charge in [-0.3, -0.25) is 4.79 Å². The Morgan fingerprint density at radius 1 is 0.971 bits per heavy atom. The number of aliphatic hydroxyl groups is 1. The number of rotatable bonds is 9. The summed E-state index contributed by atoms with van der Waals surface area (Å²) in [6.45, 7) is -0.450. The lowest BCUT2D eigenvalue weighted by atomic mass is 10.1. The largest absolute Gasteiger partial charge is 0.822 e. The molecule has 0 radical (unpaired) electrons. The second kappa shape index (κ2) is 13.6. The maximum absolute atomic E-state index is 12.0. The minimum Gasteiger partial charge on any atom is -0.822 e. The fraction of sp³-hybridized carbons (Fsp3) is 0.286.